The van der Waals surface area contributed by atoms with Crippen LogP contribution in [0, 0.1) is 13.8 Å². The van der Waals surface area contributed by atoms with Crippen molar-refractivity contribution in [3.63, 3.8) is 0 Å². The van der Waals surface area contributed by atoms with Gasteiger partial charge >= 0.3 is 0 Å². The van der Waals surface area contributed by atoms with Crippen molar-refractivity contribution in [2.45, 2.75) is 20.4 Å². The van der Waals surface area contributed by atoms with Crippen LogP contribution in [-0.4, -0.2) is 22.3 Å². The van der Waals surface area contributed by atoms with E-state index in [1.54, 1.807) is 24.3 Å². The highest BCUT2D eigenvalue weighted by atomic mass is 35.5. The van der Waals surface area contributed by atoms with Crippen LogP contribution >= 0.6 is 11.6 Å². The molecule has 0 aliphatic heterocycles. The molecule has 0 spiro atoms. The molecule has 1 N–H and O–H groups in total. The topological polar surface area (TPSA) is 56.2 Å². The normalized spacial score (nSPS) is 10.6. The van der Waals surface area contributed by atoms with Gasteiger partial charge in [0.1, 0.15) is 5.75 Å². The van der Waals surface area contributed by atoms with Crippen LogP contribution in [0.2, 0.25) is 5.02 Å². The number of rotatable bonds is 6. The quantitative estimate of drug-likeness (QED) is 0.707. The third-order valence-electron chi connectivity index (χ3n) is 4.00. The molecule has 0 radical (unpaired) electrons. The molecule has 6 heteroatoms. The summed E-state index contributed by atoms with van der Waals surface area (Å²) in [5.41, 5.74) is 3.57. The van der Waals surface area contributed by atoms with Gasteiger partial charge in [-0.3, -0.25) is 9.48 Å². The molecule has 0 unspecified atom stereocenters. The molecule has 3 rings (SSSR count). The van der Waals surface area contributed by atoms with Crippen molar-refractivity contribution in [2.75, 3.05) is 11.9 Å². The van der Waals surface area contributed by atoms with Gasteiger partial charge in [0.2, 0.25) is 0 Å². The molecule has 1 heterocycles. The number of carbonyl (C=O) groups is 1. The highest BCUT2D eigenvalue weighted by Crippen LogP contribution is 2.21. The lowest BCUT2D eigenvalue weighted by atomic mass is 10.2. The lowest BCUT2D eigenvalue weighted by Gasteiger charge is -2.09. The van der Waals surface area contributed by atoms with Crippen molar-refractivity contribution in [1.82, 2.24) is 9.78 Å². The van der Waals surface area contributed by atoms with Crippen LogP contribution in [0.1, 0.15) is 17.0 Å². The minimum Gasteiger partial charge on any atom is -0.484 e. The van der Waals surface area contributed by atoms with E-state index < -0.39 is 0 Å². The number of aromatic nitrogens is 2. The first kappa shape index (κ1) is 18.0. The smallest absolute Gasteiger partial charge is 0.262 e. The Kier molecular flexibility index (Phi) is 5.58. The number of aryl methyl sites for hydroxylation is 1. The monoisotopic (exact) mass is 369 g/mol. The van der Waals surface area contributed by atoms with E-state index in [4.69, 9.17) is 16.3 Å². The van der Waals surface area contributed by atoms with Crippen LogP contribution in [-0.2, 0) is 11.3 Å². The van der Waals surface area contributed by atoms with Gasteiger partial charge in [-0.25, -0.2) is 0 Å². The van der Waals surface area contributed by atoms with Gasteiger partial charge in [-0.1, -0.05) is 41.9 Å². The average Bonchev–Trinajstić information content (AvgIpc) is 2.89. The summed E-state index contributed by atoms with van der Waals surface area (Å²) >= 11 is 5.83. The molecule has 26 heavy (non-hydrogen) atoms. The number of anilines is 1. The molecule has 134 valence electrons. The van der Waals surface area contributed by atoms with Gasteiger partial charge in [0.25, 0.3) is 5.91 Å². The zero-order valence-electron chi connectivity index (χ0n) is 14.7. The molecular weight excluding hydrogens is 350 g/mol. The van der Waals surface area contributed by atoms with Crippen LogP contribution in [0.15, 0.2) is 54.6 Å². The second kappa shape index (κ2) is 8.06. The molecule has 0 saturated carbocycles. The van der Waals surface area contributed by atoms with E-state index >= 15 is 0 Å². The maximum atomic E-state index is 12.2. The Morgan fingerprint density at radius 1 is 1.12 bits per heavy atom. The Labute approximate surface area is 157 Å². The van der Waals surface area contributed by atoms with Crippen LogP contribution in [0.4, 0.5) is 5.69 Å². The second-order valence-corrected chi connectivity index (χ2v) is 6.42. The Morgan fingerprint density at radius 2 is 1.81 bits per heavy atom. The summed E-state index contributed by atoms with van der Waals surface area (Å²) in [6, 6.07) is 17.0. The van der Waals surface area contributed by atoms with Gasteiger partial charge in [-0.05, 0) is 43.7 Å². The molecule has 3 aromatic rings. The van der Waals surface area contributed by atoms with Crippen LogP contribution in [0.3, 0.4) is 0 Å². The first-order valence-electron chi connectivity index (χ1n) is 8.29. The molecular formula is C20H20ClN3O2. The van der Waals surface area contributed by atoms with E-state index in [1.165, 1.54) is 0 Å². The minimum atomic E-state index is -0.231. The van der Waals surface area contributed by atoms with Gasteiger partial charge in [-0.15, -0.1) is 0 Å². The molecule has 1 aromatic heterocycles. The Morgan fingerprint density at radius 3 is 2.50 bits per heavy atom. The summed E-state index contributed by atoms with van der Waals surface area (Å²) in [5, 5.41) is 8.05. The summed E-state index contributed by atoms with van der Waals surface area (Å²) in [5.74, 6) is 0.364. The number of amides is 1. The third kappa shape index (κ3) is 4.43. The third-order valence-corrected chi connectivity index (χ3v) is 4.26. The van der Waals surface area contributed by atoms with Crippen molar-refractivity contribution in [2.24, 2.45) is 0 Å². The molecule has 0 atom stereocenters. The Balaban J connectivity index is 1.63. The number of nitrogens with zero attached hydrogens (tertiary/aromatic N) is 2. The molecule has 0 saturated heterocycles. The first-order valence-corrected chi connectivity index (χ1v) is 8.67. The van der Waals surface area contributed by atoms with Crippen LogP contribution in [0.5, 0.6) is 5.75 Å². The van der Waals surface area contributed by atoms with Crippen molar-refractivity contribution >= 4 is 23.2 Å². The van der Waals surface area contributed by atoms with Crippen molar-refractivity contribution in [1.29, 1.82) is 0 Å². The maximum absolute atomic E-state index is 12.2. The van der Waals surface area contributed by atoms with E-state index in [0.29, 0.717) is 17.3 Å². The predicted molar refractivity (Wildman–Crippen MR) is 103 cm³/mol. The van der Waals surface area contributed by atoms with Crippen molar-refractivity contribution in [3.05, 3.63) is 76.6 Å². The average molecular weight is 370 g/mol. The summed E-state index contributed by atoms with van der Waals surface area (Å²) in [6.45, 7) is 4.40. The summed E-state index contributed by atoms with van der Waals surface area (Å²) < 4.78 is 7.37. The largest absolute Gasteiger partial charge is 0.484 e. The van der Waals surface area contributed by atoms with Crippen LogP contribution < -0.4 is 10.1 Å². The lowest BCUT2D eigenvalue weighted by Crippen LogP contribution is -2.21. The summed E-state index contributed by atoms with van der Waals surface area (Å²) in [7, 11) is 0. The van der Waals surface area contributed by atoms with E-state index in [-0.39, 0.29) is 12.5 Å². The highest BCUT2D eigenvalue weighted by Gasteiger charge is 2.14. The molecule has 2 aromatic carbocycles. The van der Waals surface area contributed by atoms with Gasteiger partial charge in [0.15, 0.2) is 6.61 Å². The Bertz CT molecular complexity index is 889. The zero-order valence-corrected chi connectivity index (χ0v) is 15.5. The minimum absolute atomic E-state index is 0.0790. The van der Waals surface area contributed by atoms with E-state index in [1.807, 2.05) is 36.7 Å². The van der Waals surface area contributed by atoms with Gasteiger partial charge in [-0.2, -0.15) is 5.10 Å². The zero-order chi connectivity index (χ0) is 18.5. The number of benzene rings is 2. The highest BCUT2D eigenvalue weighted by molar-refractivity contribution is 6.30. The predicted octanol–water partition coefficient (Wildman–Crippen LogP) is 4.22. The fourth-order valence-electron chi connectivity index (χ4n) is 2.64. The molecule has 5 nitrogen and oxygen atoms in total. The van der Waals surface area contributed by atoms with Crippen molar-refractivity contribution < 1.29 is 9.53 Å². The maximum Gasteiger partial charge on any atom is 0.262 e. The van der Waals surface area contributed by atoms with E-state index in [0.717, 1.165) is 22.6 Å². The molecule has 0 fully saturated rings. The molecule has 0 bridgehead atoms. The fraction of sp³-hybridized carbons (Fsp3) is 0.200. The van der Waals surface area contributed by atoms with E-state index in [9.17, 15) is 4.79 Å². The number of carbonyl (C=O) groups excluding carboxylic acids is 1. The number of hydrogen-bond acceptors (Lipinski definition) is 3. The van der Waals surface area contributed by atoms with Gasteiger partial charge < -0.3 is 10.1 Å². The number of hydrogen-bond donors (Lipinski definition) is 1. The first-order chi connectivity index (χ1) is 12.5. The van der Waals surface area contributed by atoms with E-state index in [2.05, 4.69) is 22.5 Å². The standard InChI is InChI=1S/C20H20ClN3O2/c1-14-20(15(2)24(23-14)12-16-6-4-3-5-7-16)22-19(25)13-26-18-10-8-17(21)9-11-18/h3-11H,12-13H2,1-2H3,(H,22,25). The second-order valence-electron chi connectivity index (χ2n) is 5.98. The molecule has 0 aliphatic rings. The fourth-order valence-corrected chi connectivity index (χ4v) is 2.77. The summed E-state index contributed by atoms with van der Waals surface area (Å²) in [6.07, 6.45) is 0. The molecule has 0 aliphatic carbocycles. The summed E-state index contributed by atoms with van der Waals surface area (Å²) in [4.78, 5) is 12.2. The van der Waals surface area contributed by atoms with Crippen LogP contribution in [0.25, 0.3) is 0 Å². The van der Waals surface area contributed by atoms with Gasteiger partial charge in [0.05, 0.1) is 23.6 Å². The van der Waals surface area contributed by atoms with Gasteiger partial charge in [0, 0.05) is 5.02 Å². The number of nitrogens with one attached hydrogen (secondary N) is 1. The van der Waals surface area contributed by atoms with Crippen molar-refractivity contribution in [3.8, 4) is 5.75 Å². The molecule has 1 amide bonds. The number of ether oxygens (including phenoxy) is 1. The Hall–Kier alpha value is -2.79. The SMILES string of the molecule is Cc1nn(Cc2ccccc2)c(C)c1NC(=O)COc1ccc(Cl)cc1. The number of halogens is 1. The lowest BCUT2D eigenvalue weighted by molar-refractivity contribution is -0.118.